The van der Waals surface area contributed by atoms with E-state index >= 15 is 0 Å². The fourth-order valence-electron chi connectivity index (χ4n) is 3.48. The van der Waals surface area contributed by atoms with Gasteiger partial charge in [-0.2, -0.15) is 0 Å². The van der Waals surface area contributed by atoms with E-state index in [1.165, 1.54) is 4.57 Å². The van der Waals surface area contributed by atoms with Gasteiger partial charge in [0.15, 0.2) is 0 Å². The SMILES string of the molecule is O=C(O)Cn1c(-c2ccccc2)nc2c(c1=O)NC(c1ccccc1)CC2. The number of carbonyl (C=O) groups is 1. The van der Waals surface area contributed by atoms with Crippen molar-refractivity contribution in [2.45, 2.75) is 25.4 Å². The quantitative estimate of drug-likeness (QED) is 0.746. The lowest BCUT2D eigenvalue weighted by Crippen LogP contribution is -2.33. The van der Waals surface area contributed by atoms with E-state index in [2.05, 4.69) is 10.3 Å². The van der Waals surface area contributed by atoms with E-state index in [0.717, 1.165) is 17.5 Å². The Hall–Kier alpha value is -3.41. The number of hydrogen-bond donors (Lipinski definition) is 2. The Morgan fingerprint density at radius 3 is 2.44 bits per heavy atom. The number of anilines is 1. The number of aliphatic carboxylic acids is 1. The molecule has 1 aliphatic rings. The zero-order valence-electron chi connectivity index (χ0n) is 14.6. The maximum absolute atomic E-state index is 13.1. The van der Waals surface area contributed by atoms with Crippen LogP contribution in [-0.2, 0) is 17.8 Å². The standard InChI is InChI=1S/C21H19N3O3/c25-18(26)13-24-20(15-9-5-2-6-10-15)23-17-12-11-16(22-19(17)21(24)27)14-7-3-1-4-8-14/h1-10,16,22H,11-13H2,(H,25,26). The van der Waals surface area contributed by atoms with Crippen molar-refractivity contribution in [2.75, 3.05) is 5.32 Å². The lowest BCUT2D eigenvalue weighted by Gasteiger charge is -2.27. The monoisotopic (exact) mass is 361 g/mol. The minimum Gasteiger partial charge on any atom is -0.480 e. The minimum atomic E-state index is -1.08. The van der Waals surface area contributed by atoms with E-state index in [1.807, 2.05) is 60.7 Å². The summed E-state index contributed by atoms with van der Waals surface area (Å²) in [6.07, 6.45) is 1.48. The van der Waals surface area contributed by atoms with Crippen molar-refractivity contribution in [1.82, 2.24) is 9.55 Å². The molecule has 0 spiro atoms. The summed E-state index contributed by atoms with van der Waals surface area (Å²) in [7, 11) is 0. The van der Waals surface area contributed by atoms with Crippen molar-refractivity contribution in [3.63, 3.8) is 0 Å². The van der Waals surface area contributed by atoms with E-state index in [-0.39, 0.29) is 11.6 Å². The first-order valence-electron chi connectivity index (χ1n) is 8.86. The fourth-order valence-corrected chi connectivity index (χ4v) is 3.48. The number of hydrogen-bond acceptors (Lipinski definition) is 4. The molecule has 2 aromatic carbocycles. The number of benzene rings is 2. The molecule has 0 radical (unpaired) electrons. The Bertz CT molecular complexity index is 1030. The van der Waals surface area contributed by atoms with Gasteiger partial charge in [-0.05, 0) is 18.4 Å². The fraction of sp³-hybridized carbons (Fsp3) is 0.190. The number of carboxylic acids is 1. The molecular formula is C21H19N3O3. The molecule has 1 aromatic heterocycles. The third-order valence-electron chi connectivity index (χ3n) is 4.76. The van der Waals surface area contributed by atoms with Gasteiger partial charge in [0.25, 0.3) is 5.56 Å². The molecule has 0 aliphatic carbocycles. The van der Waals surface area contributed by atoms with E-state index in [9.17, 15) is 14.7 Å². The van der Waals surface area contributed by atoms with Gasteiger partial charge >= 0.3 is 5.97 Å². The topological polar surface area (TPSA) is 84.2 Å². The molecule has 136 valence electrons. The van der Waals surface area contributed by atoms with Crippen LogP contribution < -0.4 is 10.9 Å². The zero-order valence-corrected chi connectivity index (χ0v) is 14.6. The molecule has 6 heteroatoms. The van der Waals surface area contributed by atoms with Crippen LogP contribution in [0.15, 0.2) is 65.5 Å². The predicted octanol–water partition coefficient (Wildman–Crippen LogP) is 3.09. The van der Waals surface area contributed by atoms with Crippen LogP contribution in [0.1, 0.15) is 23.7 Å². The van der Waals surface area contributed by atoms with E-state index in [0.29, 0.717) is 23.6 Å². The van der Waals surface area contributed by atoms with E-state index in [1.54, 1.807) is 0 Å². The molecule has 0 bridgehead atoms. The van der Waals surface area contributed by atoms with Crippen LogP contribution in [0.5, 0.6) is 0 Å². The number of fused-ring (bicyclic) bond motifs is 1. The average molecular weight is 361 g/mol. The number of nitrogens with one attached hydrogen (secondary N) is 1. The predicted molar refractivity (Wildman–Crippen MR) is 103 cm³/mol. The molecular weight excluding hydrogens is 342 g/mol. The van der Waals surface area contributed by atoms with Crippen molar-refractivity contribution in [1.29, 1.82) is 0 Å². The first kappa shape index (κ1) is 17.0. The maximum Gasteiger partial charge on any atom is 0.323 e. The third kappa shape index (κ3) is 3.33. The molecule has 0 amide bonds. The van der Waals surface area contributed by atoms with Crippen molar-refractivity contribution >= 4 is 11.7 Å². The normalized spacial score (nSPS) is 15.6. The molecule has 1 aliphatic heterocycles. The summed E-state index contributed by atoms with van der Waals surface area (Å²) in [5.41, 5.74) is 2.56. The van der Waals surface area contributed by atoms with Crippen LogP contribution in [0.2, 0.25) is 0 Å². The highest BCUT2D eigenvalue weighted by molar-refractivity contribution is 5.69. The zero-order chi connectivity index (χ0) is 18.8. The lowest BCUT2D eigenvalue weighted by atomic mass is 9.96. The van der Waals surface area contributed by atoms with Crippen LogP contribution >= 0.6 is 0 Å². The van der Waals surface area contributed by atoms with Crippen LogP contribution in [0.4, 0.5) is 5.69 Å². The molecule has 0 saturated heterocycles. The van der Waals surface area contributed by atoms with E-state index < -0.39 is 12.5 Å². The van der Waals surface area contributed by atoms with Crippen molar-refractivity contribution < 1.29 is 9.90 Å². The second-order valence-electron chi connectivity index (χ2n) is 6.55. The molecule has 0 saturated carbocycles. The summed E-state index contributed by atoms with van der Waals surface area (Å²) in [5, 5.41) is 12.6. The second-order valence-corrected chi connectivity index (χ2v) is 6.55. The number of aryl methyl sites for hydroxylation is 1. The molecule has 6 nitrogen and oxygen atoms in total. The second kappa shape index (κ2) is 7.07. The van der Waals surface area contributed by atoms with Gasteiger partial charge < -0.3 is 10.4 Å². The van der Waals surface area contributed by atoms with Crippen LogP contribution in [-0.4, -0.2) is 20.6 Å². The van der Waals surface area contributed by atoms with Gasteiger partial charge in [0.2, 0.25) is 0 Å². The Morgan fingerprint density at radius 2 is 1.78 bits per heavy atom. The van der Waals surface area contributed by atoms with E-state index in [4.69, 9.17) is 0 Å². The first-order valence-corrected chi connectivity index (χ1v) is 8.86. The van der Waals surface area contributed by atoms with Crippen molar-refractivity contribution in [3.8, 4) is 11.4 Å². The Kier molecular flexibility index (Phi) is 4.46. The Labute approximate surface area is 156 Å². The van der Waals surface area contributed by atoms with Gasteiger partial charge in [-0.25, -0.2) is 4.98 Å². The largest absolute Gasteiger partial charge is 0.480 e. The highest BCUT2D eigenvalue weighted by atomic mass is 16.4. The van der Waals surface area contributed by atoms with Crippen LogP contribution in [0.25, 0.3) is 11.4 Å². The summed E-state index contributed by atoms with van der Waals surface area (Å²) < 4.78 is 1.23. The van der Waals surface area contributed by atoms with Gasteiger partial charge in [-0.1, -0.05) is 60.7 Å². The molecule has 4 rings (SSSR count). The summed E-state index contributed by atoms with van der Waals surface area (Å²) in [6.45, 7) is -0.430. The maximum atomic E-state index is 13.1. The number of rotatable bonds is 4. The van der Waals surface area contributed by atoms with Crippen LogP contribution in [0.3, 0.4) is 0 Å². The summed E-state index contributed by atoms with van der Waals surface area (Å²) >= 11 is 0. The molecule has 0 fully saturated rings. The Balaban J connectivity index is 1.81. The molecule has 27 heavy (non-hydrogen) atoms. The van der Waals surface area contributed by atoms with Gasteiger partial charge in [-0.15, -0.1) is 0 Å². The average Bonchev–Trinajstić information content (AvgIpc) is 2.71. The summed E-state index contributed by atoms with van der Waals surface area (Å²) in [4.78, 5) is 29.1. The highest BCUT2D eigenvalue weighted by Gasteiger charge is 2.26. The minimum absolute atomic E-state index is 0.00838. The van der Waals surface area contributed by atoms with Gasteiger partial charge in [-0.3, -0.25) is 14.2 Å². The van der Waals surface area contributed by atoms with Crippen LogP contribution in [0, 0.1) is 0 Å². The summed E-state index contributed by atoms with van der Waals surface area (Å²) in [5.74, 6) is -0.687. The molecule has 3 aromatic rings. The third-order valence-corrected chi connectivity index (χ3v) is 4.76. The van der Waals surface area contributed by atoms with Gasteiger partial charge in [0, 0.05) is 5.56 Å². The molecule has 1 atom stereocenters. The smallest absolute Gasteiger partial charge is 0.323 e. The number of nitrogens with zero attached hydrogens (tertiary/aromatic N) is 2. The summed E-state index contributed by atoms with van der Waals surface area (Å²) in [6, 6.07) is 19.1. The first-order chi connectivity index (χ1) is 13.1. The molecule has 2 heterocycles. The number of aromatic nitrogens is 2. The Morgan fingerprint density at radius 1 is 1.11 bits per heavy atom. The van der Waals surface area contributed by atoms with Crippen molar-refractivity contribution in [3.05, 3.63) is 82.3 Å². The van der Waals surface area contributed by atoms with Gasteiger partial charge in [0.1, 0.15) is 18.1 Å². The lowest BCUT2D eigenvalue weighted by molar-refractivity contribution is -0.137. The van der Waals surface area contributed by atoms with Gasteiger partial charge in [0.05, 0.1) is 11.7 Å². The highest BCUT2D eigenvalue weighted by Crippen LogP contribution is 2.31. The molecule has 2 N–H and O–H groups in total. The van der Waals surface area contributed by atoms with Crippen molar-refractivity contribution in [2.24, 2.45) is 0 Å². The molecule has 1 unspecified atom stereocenters. The number of carboxylic acid groups (broad SMARTS) is 1.